The Bertz CT molecular complexity index is 1200. The maximum Gasteiger partial charge on any atom is 0.264 e. The van der Waals surface area contributed by atoms with Crippen molar-refractivity contribution in [2.75, 3.05) is 16.2 Å². The van der Waals surface area contributed by atoms with Crippen LogP contribution in [0.5, 0.6) is 5.75 Å². The van der Waals surface area contributed by atoms with Crippen LogP contribution >= 0.6 is 11.6 Å². The van der Waals surface area contributed by atoms with Gasteiger partial charge in [-0.25, -0.2) is 8.42 Å². The van der Waals surface area contributed by atoms with Crippen LogP contribution < -0.4 is 14.4 Å². The molecule has 3 aromatic rings. The molecule has 0 spiro atoms. The van der Waals surface area contributed by atoms with E-state index in [1.807, 2.05) is 13.8 Å². The minimum Gasteiger partial charge on any atom is -0.491 e. The number of anilines is 2. The van der Waals surface area contributed by atoms with E-state index in [0.717, 1.165) is 4.31 Å². The molecular formula is C24H25ClN2O4S. The number of carbonyl (C=O) groups is 1. The molecule has 0 aliphatic heterocycles. The Kier molecular flexibility index (Phi) is 7.43. The monoisotopic (exact) mass is 472 g/mol. The molecule has 3 aromatic carbocycles. The van der Waals surface area contributed by atoms with Crippen LogP contribution in [0.1, 0.15) is 19.4 Å². The molecule has 0 atom stereocenters. The molecule has 8 heteroatoms. The second-order valence-corrected chi connectivity index (χ2v) is 9.72. The van der Waals surface area contributed by atoms with E-state index in [9.17, 15) is 13.2 Å². The maximum absolute atomic E-state index is 13.4. The van der Waals surface area contributed by atoms with Crippen molar-refractivity contribution in [2.45, 2.75) is 31.8 Å². The van der Waals surface area contributed by atoms with Gasteiger partial charge in [-0.2, -0.15) is 0 Å². The van der Waals surface area contributed by atoms with Gasteiger partial charge >= 0.3 is 0 Å². The van der Waals surface area contributed by atoms with Crippen molar-refractivity contribution in [2.24, 2.45) is 0 Å². The lowest BCUT2D eigenvalue weighted by atomic mass is 10.2. The molecule has 0 aliphatic carbocycles. The van der Waals surface area contributed by atoms with Crippen LogP contribution in [0.4, 0.5) is 11.4 Å². The summed E-state index contributed by atoms with van der Waals surface area (Å²) in [5.41, 5.74) is 1.41. The van der Waals surface area contributed by atoms with Gasteiger partial charge in [0.25, 0.3) is 10.0 Å². The maximum atomic E-state index is 13.4. The molecule has 1 amide bonds. The molecule has 0 radical (unpaired) electrons. The molecular weight excluding hydrogens is 448 g/mol. The third-order valence-corrected chi connectivity index (χ3v) is 6.80. The van der Waals surface area contributed by atoms with Crippen LogP contribution in [0.15, 0.2) is 77.7 Å². The zero-order chi connectivity index (χ0) is 23.3. The number of nitrogens with zero attached hydrogens (tertiary/aromatic N) is 1. The van der Waals surface area contributed by atoms with Crippen molar-refractivity contribution in [1.29, 1.82) is 0 Å². The number of hydrogen-bond donors (Lipinski definition) is 1. The van der Waals surface area contributed by atoms with E-state index in [1.165, 1.54) is 12.1 Å². The largest absolute Gasteiger partial charge is 0.491 e. The minimum atomic E-state index is -4.02. The fourth-order valence-corrected chi connectivity index (χ4v) is 4.80. The van der Waals surface area contributed by atoms with E-state index in [4.69, 9.17) is 16.3 Å². The summed E-state index contributed by atoms with van der Waals surface area (Å²) in [6, 6.07) is 19.9. The number of sulfonamides is 1. The lowest BCUT2D eigenvalue weighted by Crippen LogP contribution is -2.38. The lowest BCUT2D eigenvalue weighted by Gasteiger charge is -2.26. The van der Waals surface area contributed by atoms with Gasteiger partial charge in [-0.15, -0.1) is 0 Å². The Labute approximate surface area is 193 Å². The van der Waals surface area contributed by atoms with Crippen molar-refractivity contribution in [3.05, 3.63) is 83.4 Å². The highest BCUT2D eigenvalue weighted by molar-refractivity contribution is 7.92. The number of ether oxygens (including phenoxy) is 1. The SMILES string of the molecule is Cc1c(Cl)cccc1N(CC(=O)Nc1cccc(OC(C)C)c1)S(=O)(=O)c1ccccc1. The Hall–Kier alpha value is -3.03. The molecule has 0 bridgehead atoms. The third kappa shape index (κ3) is 5.60. The predicted octanol–water partition coefficient (Wildman–Crippen LogP) is 5.27. The van der Waals surface area contributed by atoms with Crippen LogP contribution in [-0.2, 0) is 14.8 Å². The van der Waals surface area contributed by atoms with Gasteiger partial charge in [0.1, 0.15) is 12.3 Å². The van der Waals surface area contributed by atoms with Crippen molar-refractivity contribution in [3.8, 4) is 5.75 Å². The minimum absolute atomic E-state index is 0.0155. The first-order valence-corrected chi connectivity index (χ1v) is 11.9. The van der Waals surface area contributed by atoms with Crippen molar-refractivity contribution < 1.29 is 17.9 Å². The van der Waals surface area contributed by atoms with Gasteiger partial charge in [0, 0.05) is 16.8 Å². The summed E-state index contributed by atoms with van der Waals surface area (Å²) in [7, 11) is -4.02. The average molecular weight is 473 g/mol. The summed E-state index contributed by atoms with van der Waals surface area (Å²) < 4.78 is 33.6. The van der Waals surface area contributed by atoms with Gasteiger partial charge in [0.2, 0.25) is 5.91 Å². The Morgan fingerprint density at radius 1 is 1.03 bits per heavy atom. The predicted molar refractivity (Wildman–Crippen MR) is 128 cm³/mol. The van der Waals surface area contributed by atoms with Crippen LogP contribution in [0.3, 0.4) is 0 Å². The smallest absolute Gasteiger partial charge is 0.264 e. The number of halogens is 1. The second-order valence-electron chi connectivity index (χ2n) is 7.45. The molecule has 0 saturated heterocycles. The molecule has 168 valence electrons. The van der Waals surface area contributed by atoms with Gasteiger partial charge in [-0.3, -0.25) is 9.10 Å². The van der Waals surface area contributed by atoms with E-state index in [1.54, 1.807) is 67.6 Å². The Morgan fingerprint density at radius 3 is 2.41 bits per heavy atom. The average Bonchev–Trinajstić information content (AvgIpc) is 2.74. The number of nitrogens with one attached hydrogen (secondary N) is 1. The summed E-state index contributed by atoms with van der Waals surface area (Å²) in [4.78, 5) is 13.0. The molecule has 1 N–H and O–H groups in total. The molecule has 3 rings (SSSR count). The molecule has 0 heterocycles. The highest BCUT2D eigenvalue weighted by Gasteiger charge is 2.28. The van der Waals surface area contributed by atoms with Crippen molar-refractivity contribution in [3.63, 3.8) is 0 Å². The topological polar surface area (TPSA) is 75.7 Å². The highest BCUT2D eigenvalue weighted by atomic mass is 35.5. The van der Waals surface area contributed by atoms with Crippen LogP contribution in [0, 0.1) is 6.92 Å². The number of benzene rings is 3. The molecule has 0 fully saturated rings. The first-order chi connectivity index (χ1) is 15.2. The van der Waals surface area contributed by atoms with Gasteiger partial charge in [-0.05, 0) is 62.7 Å². The third-order valence-electron chi connectivity index (χ3n) is 4.62. The molecule has 0 aliphatic rings. The highest BCUT2D eigenvalue weighted by Crippen LogP contribution is 2.31. The van der Waals surface area contributed by atoms with Crippen molar-refractivity contribution in [1.82, 2.24) is 0 Å². The molecule has 0 aromatic heterocycles. The van der Waals surface area contributed by atoms with Crippen molar-refractivity contribution >= 4 is 38.9 Å². The number of hydrogen-bond acceptors (Lipinski definition) is 4. The summed E-state index contributed by atoms with van der Waals surface area (Å²) in [6.45, 7) is 5.11. The first-order valence-electron chi connectivity index (χ1n) is 10.1. The van der Waals surface area contributed by atoms with Gasteiger partial charge in [-0.1, -0.05) is 41.9 Å². The summed E-state index contributed by atoms with van der Waals surface area (Å²) >= 11 is 6.24. The fraction of sp³-hybridized carbons (Fsp3) is 0.208. The van der Waals surface area contributed by atoms with Crippen LogP contribution in [0.25, 0.3) is 0 Å². The van der Waals surface area contributed by atoms with Gasteiger partial charge < -0.3 is 10.1 Å². The second kappa shape index (κ2) is 10.1. The Balaban J connectivity index is 1.93. The molecule has 32 heavy (non-hydrogen) atoms. The standard InChI is InChI=1S/C24H25ClN2O4S/c1-17(2)31-20-10-7-9-19(15-20)26-24(28)16-27(23-14-8-13-22(25)18(23)3)32(29,30)21-11-5-4-6-12-21/h4-15,17H,16H2,1-3H3,(H,26,28). The van der Waals surface area contributed by atoms with E-state index < -0.39 is 22.5 Å². The number of carbonyl (C=O) groups excluding carboxylic acids is 1. The molecule has 0 unspecified atom stereocenters. The number of amides is 1. The fourth-order valence-electron chi connectivity index (χ4n) is 3.14. The van der Waals surface area contributed by atoms with Gasteiger partial charge in [0.05, 0.1) is 16.7 Å². The number of rotatable bonds is 8. The summed E-state index contributed by atoms with van der Waals surface area (Å²) in [6.07, 6.45) is -0.0155. The molecule has 0 saturated carbocycles. The zero-order valence-corrected chi connectivity index (χ0v) is 19.7. The van der Waals surface area contributed by atoms with E-state index in [-0.39, 0.29) is 11.0 Å². The lowest BCUT2D eigenvalue weighted by molar-refractivity contribution is -0.114. The summed E-state index contributed by atoms with van der Waals surface area (Å²) in [5.74, 6) is 0.114. The first kappa shape index (κ1) is 23.6. The summed E-state index contributed by atoms with van der Waals surface area (Å²) in [5, 5.41) is 3.17. The Morgan fingerprint density at radius 2 is 1.72 bits per heavy atom. The van der Waals surface area contributed by atoms with Crippen LogP contribution in [-0.4, -0.2) is 27.0 Å². The van der Waals surface area contributed by atoms with E-state index in [2.05, 4.69) is 5.32 Å². The van der Waals surface area contributed by atoms with E-state index >= 15 is 0 Å². The molecule has 6 nitrogen and oxygen atoms in total. The quantitative estimate of drug-likeness (QED) is 0.484. The zero-order valence-electron chi connectivity index (χ0n) is 18.1. The van der Waals surface area contributed by atoms with E-state index in [0.29, 0.717) is 27.7 Å². The van der Waals surface area contributed by atoms with Crippen LogP contribution in [0.2, 0.25) is 5.02 Å². The van der Waals surface area contributed by atoms with Gasteiger partial charge in [0.15, 0.2) is 0 Å². The normalized spacial score (nSPS) is 11.3.